The number of hydrogen-bond donors (Lipinski definition) is 1. The van der Waals surface area contributed by atoms with Crippen LogP contribution in [0.1, 0.15) is 13.3 Å². The van der Waals surface area contributed by atoms with Gasteiger partial charge in [0, 0.05) is 15.8 Å². The molecule has 0 heterocycles. The molecule has 0 bridgehead atoms. The van der Waals surface area contributed by atoms with Gasteiger partial charge in [-0.2, -0.15) is 0 Å². The standard InChI is InChI=1S/C10H11Br2Cl2NO2S/c1-6(2-3-11)15-18(16,17)10-8(13)4-7(12)5-9(10)14/h4-6,15H,2-3H2,1H3. The van der Waals surface area contributed by atoms with E-state index in [9.17, 15) is 8.42 Å². The Hall–Kier alpha value is 0.670. The lowest BCUT2D eigenvalue weighted by Gasteiger charge is -2.15. The molecule has 1 N–H and O–H groups in total. The van der Waals surface area contributed by atoms with Crippen LogP contribution in [0.25, 0.3) is 0 Å². The predicted molar refractivity (Wildman–Crippen MR) is 82.4 cm³/mol. The first-order valence-electron chi connectivity index (χ1n) is 5.00. The summed E-state index contributed by atoms with van der Waals surface area (Å²) in [5, 5.41) is 0.888. The topological polar surface area (TPSA) is 46.2 Å². The molecule has 3 nitrogen and oxygen atoms in total. The molecule has 1 atom stereocenters. The quantitative estimate of drug-likeness (QED) is 0.698. The highest BCUT2D eigenvalue weighted by atomic mass is 79.9. The largest absolute Gasteiger partial charge is 0.243 e. The molecule has 0 amide bonds. The molecule has 1 aromatic rings. The van der Waals surface area contributed by atoms with Crippen molar-refractivity contribution in [2.75, 3.05) is 5.33 Å². The third kappa shape index (κ3) is 4.35. The van der Waals surface area contributed by atoms with Crippen LogP contribution in [0.4, 0.5) is 0 Å². The van der Waals surface area contributed by atoms with Gasteiger partial charge in [-0.1, -0.05) is 55.1 Å². The summed E-state index contributed by atoms with van der Waals surface area (Å²) < 4.78 is 27.5. The second kappa shape index (κ2) is 6.90. The molecule has 0 aliphatic heterocycles. The van der Waals surface area contributed by atoms with Crippen LogP contribution in [0.5, 0.6) is 0 Å². The van der Waals surface area contributed by atoms with Crippen molar-refractivity contribution in [1.82, 2.24) is 4.72 Å². The Morgan fingerprint density at radius 3 is 2.28 bits per heavy atom. The first kappa shape index (κ1) is 16.7. The van der Waals surface area contributed by atoms with Gasteiger partial charge in [-0.15, -0.1) is 0 Å². The zero-order valence-electron chi connectivity index (χ0n) is 9.38. The van der Waals surface area contributed by atoms with Crippen molar-refractivity contribution < 1.29 is 8.42 Å². The normalized spacial score (nSPS) is 13.6. The summed E-state index contributed by atoms with van der Waals surface area (Å²) in [6.07, 6.45) is 0.672. The Morgan fingerprint density at radius 2 is 1.83 bits per heavy atom. The molecule has 0 aliphatic rings. The van der Waals surface area contributed by atoms with Crippen molar-refractivity contribution in [2.45, 2.75) is 24.3 Å². The van der Waals surface area contributed by atoms with Crippen molar-refractivity contribution in [2.24, 2.45) is 0 Å². The van der Waals surface area contributed by atoms with E-state index in [1.807, 2.05) is 0 Å². The number of sulfonamides is 1. The van der Waals surface area contributed by atoms with E-state index in [1.165, 1.54) is 12.1 Å². The highest BCUT2D eigenvalue weighted by Crippen LogP contribution is 2.32. The number of nitrogens with one attached hydrogen (secondary N) is 1. The van der Waals surface area contributed by atoms with E-state index in [4.69, 9.17) is 23.2 Å². The number of rotatable bonds is 5. The predicted octanol–water partition coefficient (Wildman–Crippen LogP) is 4.21. The zero-order valence-corrected chi connectivity index (χ0v) is 14.9. The second-order valence-corrected chi connectivity index (χ2v) is 7.87. The van der Waals surface area contributed by atoms with Crippen molar-refractivity contribution >= 4 is 65.1 Å². The molecule has 102 valence electrons. The van der Waals surface area contributed by atoms with Crippen LogP contribution < -0.4 is 4.72 Å². The third-order valence-electron chi connectivity index (χ3n) is 2.13. The van der Waals surface area contributed by atoms with Gasteiger partial charge in [0.15, 0.2) is 0 Å². The van der Waals surface area contributed by atoms with Gasteiger partial charge in [-0.3, -0.25) is 0 Å². The number of hydrogen-bond acceptors (Lipinski definition) is 2. The monoisotopic (exact) mass is 437 g/mol. The van der Waals surface area contributed by atoms with Crippen LogP contribution in [-0.4, -0.2) is 19.8 Å². The van der Waals surface area contributed by atoms with E-state index in [0.29, 0.717) is 16.2 Å². The highest BCUT2D eigenvalue weighted by Gasteiger charge is 2.23. The number of alkyl halides is 1. The van der Waals surface area contributed by atoms with Crippen LogP contribution in [0.3, 0.4) is 0 Å². The smallest absolute Gasteiger partial charge is 0.208 e. The Morgan fingerprint density at radius 1 is 1.33 bits per heavy atom. The molecule has 0 radical (unpaired) electrons. The number of benzene rings is 1. The minimum absolute atomic E-state index is 0.0875. The fraction of sp³-hybridized carbons (Fsp3) is 0.400. The van der Waals surface area contributed by atoms with Gasteiger partial charge in [-0.05, 0) is 25.5 Å². The maximum Gasteiger partial charge on any atom is 0.243 e. The minimum atomic E-state index is -3.72. The van der Waals surface area contributed by atoms with E-state index >= 15 is 0 Å². The Balaban J connectivity index is 3.13. The molecule has 18 heavy (non-hydrogen) atoms. The van der Waals surface area contributed by atoms with Crippen molar-refractivity contribution in [3.8, 4) is 0 Å². The van der Waals surface area contributed by atoms with Gasteiger partial charge < -0.3 is 0 Å². The highest BCUT2D eigenvalue weighted by molar-refractivity contribution is 9.10. The lowest BCUT2D eigenvalue weighted by molar-refractivity contribution is 0.557. The average Bonchev–Trinajstić information content (AvgIpc) is 2.13. The SMILES string of the molecule is CC(CCBr)NS(=O)(=O)c1c(Cl)cc(Br)cc1Cl. The molecule has 1 unspecified atom stereocenters. The van der Waals surface area contributed by atoms with Crippen LogP contribution >= 0.6 is 55.1 Å². The van der Waals surface area contributed by atoms with Crippen molar-refractivity contribution in [3.63, 3.8) is 0 Å². The molecular formula is C10H11Br2Cl2NO2S. The zero-order chi connectivity index (χ0) is 13.9. The van der Waals surface area contributed by atoms with Crippen molar-refractivity contribution in [1.29, 1.82) is 0 Å². The molecule has 1 rings (SSSR count). The van der Waals surface area contributed by atoms with E-state index in [2.05, 4.69) is 36.6 Å². The van der Waals surface area contributed by atoms with E-state index < -0.39 is 10.0 Å². The van der Waals surface area contributed by atoms with Gasteiger partial charge in [0.1, 0.15) is 4.90 Å². The molecule has 0 saturated heterocycles. The molecule has 8 heteroatoms. The molecule has 0 spiro atoms. The summed E-state index contributed by atoms with van der Waals surface area (Å²) >= 11 is 18.3. The fourth-order valence-corrected chi connectivity index (χ4v) is 5.23. The van der Waals surface area contributed by atoms with E-state index in [-0.39, 0.29) is 21.0 Å². The Kier molecular flexibility index (Phi) is 6.41. The van der Waals surface area contributed by atoms with E-state index in [1.54, 1.807) is 6.92 Å². The Bertz CT molecular complexity index is 514. The van der Waals surface area contributed by atoms with Crippen LogP contribution in [0.15, 0.2) is 21.5 Å². The molecular weight excluding hydrogens is 429 g/mol. The summed E-state index contributed by atoms with van der Waals surface area (Å²) in [6.45, 7) is 1.78. The third-order valence-corrected chi connectivity index (χ3v) is 5.56. The maximum absolute atomic E-state index is 12.2. The molecule has 0 aromatic heterocycles. The van der Waals surface area contributed by atoms with Crippen LogP contribution in [0, 0.1) is 0 Å². The summed E-state index contributed by atoms with van der Waals surface area (Å²) in [5.74, 6) is 0. The van der Waals surface area contributed by atoms with Gasteiger partial charge in [0.25, 0.3) is 0 Å². The summed E-state index contributed by atoms with van der Waals surface area (Å²) in [7, 11) is -3.72. The van der Waals surface area contributed by atoms with Gasteiger partial charge >= 0.3 is 0 Å². The lowest BCUT2D eigenvalue weighted by Crippen LogP contribution is -2.33. The first-order valence-corrected chi connectivity index (χ1v) is 9.16. The summed E-state index contributed by atoms with van der Waals surface area (Å²) in [4.78, 5) is -0.0875. The van der Waals surface area contributed by atoms with Gasteiger partial charge in [0.2, 0.25) is 10.0 Å². The van der Waals surface area contributed by atoms with Crippen LogP contribution in [0.2, 0.25) is 10.0 Å². The first-order chi connectivity index (χ1) is 8.27. The number of halogens is 4. The molecule has 0 aliphatic carbocycles. The lowest BCUT2D eigenvalue weighted by atomic mass is 10.3. The van der Waals surface area contributed by atoms with Gasteiger partial charge in [0.05, 0.1) is 10.0 Å². The summed E-state index contributed by atoms with van der Waals surface area (Å²) in [5.41, 5.74) is 0. The fourth-order valence-electron chi connectivity index (χ4n) is 1.33. The molecule has 0 saturated carbocycles. The maximum atomic E-state index is 12.2. The molecule has 1 aromatic carbocycles. The van der Waals surface area contributed by atoms with Crippen molar-refractivity contribution in [3.05, 3.63) is 26.7 Å². The van der Waals surface area contributed by atoms with E-state index in [0.717, 1.165) is 0 Å². The minimum Gasteiger partial charge on any atom is -0.208 e. The van der Waals surface area contributed by atoms with Crippen LogP contribution in [-0.2, 0) is 10.0 Å². The second-order valence-electron chi connectivity index (χ2n) is 3.70. The summed E-state index contributed by atoms with van der Waals surface area (Å²) in [6, 6.07) is 2.79. The Labute approximate surface area is 134 Å². The van der Waals surface area contributed by atoms with Gasteiger partial charge in [-0.25, -0.2) is 13.1 Å². The average molecular weight is 440 g/mol. The molecule has 0 fully saturated rings.